The van der Waals surface area contributed by atoms with Gasteiger partial charge in [-0.3, -0.25) is 0 Å². The number of hydrogen-bond acceptors (Lipinski definition) is 4. The highest BCUT2D eigenvalue weighted by Gasteiger charge is 2.06. The molecule has 0 aliphatic carbocycles. The molecular weight excluding hydrogens is 194 g/mol. The van der Waals surface area contributed by atoms with Crippen LogP contribution in [0, 0.1) is 0 Å². The topological polar surface area (TPSA) is 51.8 Å². The number of nitrogens with two attached hydrogens (primary N) is 1. The van der Waals surface area contributed by atoms with Crippen molar-refractivity contribution in [3.8, 4) is 0 Å². The summed E-state index contributed by atoms with van der Waals surface area (Å²) in [5.41, 5.74) is 5.70. The molecule has 0 radical (unpaired) electrons. The van der Waals surface area contributed by atoms with Gasteiger partial charge in [0.25, 0.3) is 0 Å². The molecule has 0 amide bonds. The van der Waals surface area contributed by atoms with Crippen LogP contribution >= 0.6 is 11.8 Å². The molecule has 1 aromatic rings. The van der Waals surface area contributed by atoms with E-state index < -0.39 is 0 Å². The van der Waals surface area contributed by atoms with E-state index in [1.807, 2.05) is 6.07 Å². The van der Waals surface area contributed by atoms with Gasteiger partial charge in [-0.15, -0.1) is 11.8 Å². The molecule has 4 heteroatoms. The van der Waals surface area contributed by atoms with Gasteiger partial charge in [-0.05, 0) is 12.2 Å². The third-order valence-corrected chi connectivity index (χ3v) is 2.83. The van der Waals surface area contributed by atoms with E-state index in [4.69, 9.17) is 5.73 Å². The zero-order chi connectivity index (χ0) is 10.6. The van der Waals surface area contributed by atoms with Gasteiger partial charge in [0.15, 0.2) is 0 Å². The van der Waals surface area contributed by atoms with Gasteiger partial charge in [0.05, 0.1) is 0 Å². The summed E-state index contributed by atoms with van der Waals surface area (Å²) in [5.74, 6) is 2.82. The Bertz CT molecular complexity index is 299. The fourth-order valence-electron chi connectivity index (χ4n) is 1.00. The van der Waals surface area contributed by atoms with Gasteiger partial charge in [-0.25, -0.2) is 9.97 Å². The molecule has 0 fully saturated rings. The van der Waals surface area contributed by atoms with Crippen molar-refractivity contribution in [1.82, 2.24) is 9.97 Å². The second-order valence-corrected chi connectivity index (χ2v) is 4.61. The fraction of sp³-hybridized carbons (Fsp3) is 0.600. The number of aromatic nitrogens is 2. The van der Waals surface area contributed by atoms with Crippen LogP contribution < -0.4 is 5.73 Å². The molecule has 2 N–H and O–H groups in total. The third-order valence-electron chi connectivity index (χ3n) is 1.71. The number of rotatable bonds is 4. The molecular formula is C10H17N3S. The molecule has 1 aromatic heterocycles. The Kier molecular flexibility index (Phi) is 4.20. The maximum Gasteiger partial charge on any atom is 0.134 e. The minimum atomic E-state index is 0.333. The van der Waals surface area contributed by atoms with Crippen molar-refractivity contribution in [1.29, 1.82) is 0 Å². The molecule has 0 unspecified atom stereocenters. The molecule has 14 heavy (non-hydrogen) atoms. The number of nitrogen functional groups attached to an aromatic ring is 1. The van der Waals surface area contributed by atoms with Gasteiger partial charge >= 0.3 is 0 Å². The molecule has 0 aromatic carbocycles. The van der Waals surface area contributed by atoms with E-state index in [-0.39, 0.29) is 0 Å². The molecule has 1 heterocycles. The van der Waals surface area contributed by atoms with Crippen molar-refractivity contribution in [2.75, 3.05) is 11.5 Å². The summed E-state index contributed by atoms with van der Waals surface area (Å²) in [6, 6.07) is 1.84. The molecule has 78 valence electrons. The number of thioether (sulfide) groups is 1. The van der Waals surface area contributed by atoms with Gasteiger partial charge in [0.2, 0.25) is 0 Å². The van der Waals surface area contributed by atoms with Crippen LogP contribution in [0.15, 0.2) is 11.1 Å². The van der Waals surface area contributed by atoms with Gasteiger partial charge in [0, 0.05) is 12.0 Å². The summed E-state index contributed by atoms with van der Waals surface area (Å²) in [4.78, 5) is 8.64. The highest BCUT2D eigenvalue weighted by Crippen LogP contribution is 2.20. The van der Waals surface area contributed by atoms with Crippen molar-refractivity contribution in [3.05, 3.63) is 11.9 Å². The van der Waals surface area contributed by atoms with Crippen LogP contribution in [-0.2, 0) is 0 Å². The lowest BCUT2D eigenvalue weighted by atomic mass is 10.2. The summed E-state index contributed by atoms with van der Waals surface area (Å²) in [7, 11) is 0. The van der Waals surface area contributed by atoms with E-state index in [0.29, 0.717) is 11.7 Å². The van der Waals surface area contributed by atoms with Crippen LogP contribution in [0.25, 0.3) is 0 Å². The normalized spacial score (nSPS) is 10.9. The Balaban J connectivity index is 2.84. The zero-order valence-corrected chi connectivity index (χ0v) is 9.77. The first-order valence-corrected chi connectivity index (χ1v) is 5.89. The average molecular weight is 211 g/mol. The molecule has 0 saturated heterocycles. The Hall–Kier alpha value is -0.770. The monoisotopic (exact) mass is 211 g/mol. The maximum absolute atomic E-state index is 5.70. The minimum Gasteiger partial charge on any atom is -0.384 e. The molecule has 0 atom stereocenters. The standard InChI is InChI=1S/C10H17N3S/c1-4-5-14-9-6-8(11)12-10(13-9)7(2)3/h6-7H,4-5H2,1-3H3,(H2,11,12,13). The van der Waals surface area contributed by atoms with Crippen molar-refractivity contribution in [2.24, 2.45) is 0 Å². The zero-order valence-electron chi connectivity index (χ0n) is 8.95. The lowest BCUT2D eigenvalue weighted by Gasteiger charge is -2.07. The maximum atomic E-state index is 5.70. The predicted octanol–water partition coefficient (Wildman–Crippen LogP) is 2.68. The second-order valence-electron chi connectivity index (χ2n) is 3.49. The number of anilines is 1. The van der Waals surface area contributed by atoms with Gasteiger partial charge in [-0.2, -0.15) is 0 Å². The summed E-state index contributed by atoms with van der Waals surface area (Å²) >= 11 is 1.74. The SMILES string of the molecule is CCCSc1cc(N)nc(C(C)C)n1. The van der Waals surface area contributed by atoms with Gasteiger partial charge < -0.3 is 5.73 Å². The lowest BCUT2D eigenvalue weighted by Crippen LogP contribution is -2.02. The van der Waals surface area contributed by atoms with Crippen LogP contribution in [-0.4, -0.2) is 15.7 Å². The Morgan fingerprint density at radius 3 is 2.71 bits per heavy atom. The first-order valence-electron chi connectivity index (χ1n) is 4.90. The molecule has 1 rings (SSSR count). The van der Waals surface area contributed by atoms with Gasteiger partial charge in [0.1, 0.15) is 16.7 Å². The molecule has 0 bridgehead atoms. The number of hydrogen-bond donors (Lipinski definition) is 1. The first-order chi connectivity index (χ1) is 6.63. The first kappa shape index (κ1) is 11.3. The van der Waals surface area contributed by atoms with E-state index in [2.05, 4.69) is 30.7 Å². The largest absolute Gasteiger partial charge is 0.384 e. The molecule has 0 saturated carbocycles. The highest BCUT2D eigenvalue weighted by atomic mass is 32.2. The van der Waals surface area contributed by atoms with Crippen LogP contribution in [0.5, 0.6) is 0 Å². The van der Waals surface area contributed by atoms with Crippen LogP contribution in [0.2, 0.25) is 0 Å². The van der Waals surface area contributed by atoms with Crippen molar-refractivity contribution >= 4 is 17.6 Å². The van der Waals surface area contributed by atoms with Crippen molar-refractivity contribution < 1.29 is 0 Å². The average Bonchev–Trinajstić information content (AvgIpc) is 2.14. The number of nitrogens with zero attached hydrogens (tertiary/aromatic N) is 2. The Morgan fingerprint density at radius 2 is 2.14 bits per heavy atom. The smallest absolute Gasteiger partial charge is 0.134 e. The van der Waals surface area contributed by atoms with Crippen molar-refractivity contribution in [2.45, 2.75) is 38.1 Å². The summed E-state index contributed by atoms with van der Waals surface area (Å²) < 4.78 is 0. The minimum absolute atomic E-state index is 0.333. The van der Waals surface area contributed by atoms with E-state index >= 15 is 0 Å². The molecule has 0 aliphatic rings. The summed E-state index contributed by atoms with van der Waals surface area (Å²) in [6.07, 6.45) is 1.14. The lowest BCUT2D eigenvalue weighted by molar-refractivity contribution is 0.756. The van der Waals surface area contributed by atoms with E-state index in [0.717, 1.165) is 23.0 Å². The van der Waals surface area contributed by atoms with Crippen LogP contribution in [0.4, 0.5) is 5.82 Å². The molecule has 0 aliphatic heterocycles. The van der Waals surface area contributed by atoms with Crippen LogP contribution in [0.3, 0.4) is 0 Å². The third kappa shape index (κ3) is 3.18. The van der Waals surface area contributed by atoms with Crippen molar-refractivity contribution in [3.63, 3.8) is 0 Å². The summed E-state index contributed by atoms with van der Waals surface area (Å²) in [5, 5.41) is 0.989. The van der Waals surface area contributed by atoms with E-state index in [9.17, 15) is 0 Å². The molecule has 0 spiro atoms. The Labute approximate surface area is 89.5 Å². The molecule has 3 nitrogen and oxygen atoms in total. The van der Waals surface area contributed by atoms with Crippen LogP contribution in [0.1, 0.15) is 38.9 Å². The fourth-order valence-corrected chi connectivity index (χ4v) is 1.78. The highest BCUT2D eigenvalue weighted by molar-refractivity contribution is 7.99. The van der Waals surface area contributed by atoms with E-state index in [1.165, 1.54) is 0 Å². The summed E-state index contributed by atoms with van der Waals surface area (Å²) in [6.45, 7) is 6.30. The quantitative estimate of drug-likeness (QED) is 0.614. The van der Waals surface area contributed by atoms with E-state index in [1.54, 1.807) is 11.8 Å². The van der Waals surface area contributed by atoms with Gasteiger partial charge in [-0.1, -0.05) is 20.8 Å². The Morgan fingerprint density at radius 1 is 1.43 bits per heavy atom. The second kappa shape index (κ2) is 5.20. The predicted molar refractivity (Wildman–Crippen MR) is 61.5 cm³/mol.